The van der Waals surface area contributed by atoms with Gasteiger partial charge >= 0.3 is 0 Å². The third-order valence-corrected chi connectivity index (χ3v) is 10.1. The van der Waals surface area contributed by atoms with Crippen LogP contribution in [0.4, 0.5) is 0 Å². The lowest BCUT2D eigenvalue weighted by atomic mass is 9.44. The topological polar surface area (TPSA) is 132 Å². The molecule has 4 atom stereocenters. The summed E-state index contributed by atoms with van der Waals surface area (Å²) in [7, 11) is 0. The molecule has 0 saturated heterocycles. The Morgan fingerprint density at radius 2 is 1.61 bits per heavy atom. The number of Topliss-reactive ketones (excluding diaryl/α,β-unsaturated/α-hetero) is 3. The summed E-state index contributed by atoms with van der Waals surface area (Å²) in [6, 6.07) is 9.41. The number of aromatic hydroxyl groups is 1. The van der Waals surface area contributed by atoms with Gasteiger partial charge in [-0.05, 0) is 67.9 Å². The van der Waals surface area contributed by atoms with Crippen molar-refractivity contribution in [3.05, 3.63) is 86.4 Å². The van der Waals surface area contributed by atoms with Crippen LogP contribution < -0.4 is 0 Å². The van der Waals surface area contributed by atoms with Gasteiger partial charge in [-0.15, -0.1) is 0 Å². The average Bonchev–Trinajstić information content (AvgIpc) is 2.90. The first-order chi connectivity index (χ1) is 20.4. The van der Waals surface area contributed by atoms with E-state index in [4.69, 9.17) is 0 Å². The molecular weight excluding hydrogens is 556 g/mol. The van der Waals surface area contributed by atoms with Crippen LogP contribution in [0.15, 0.2) is 53.0 Å². The van der Waals surface area contributed by atoms with Crippen LogP contribution in [0.3, 0.4) is 0 Å². The molecule has 1 unspecified atom stereocenters. The van der Waals surface area contributed by atoms with Gasteiger partial charge in [-0.3, -0.25) is 14.4 Å². The lowest BCUT2D eigenvalue weighted by molar-refractivity contribution is -0.171. The van der Waals surface area contributed by atoms with Crippen molar-refractivity contribution in [3.8, 4) is 17.6 Å². The molecule has 0 radical (unpaired) electrons. The van der Waals surface area contributed by atoms with E-state index in [0.29, 0.717) is 5.56 Å². The van der Waals surface area contributed by atoms with E-state index in [2.05, 4.69) is 11.8 Å². The van der Waals surface area contributed by atoms with E-state index < -0.39 is 56.8 Å². The molecule has 3 aliphatic carbocycles. The smallest absolute Gasteiger partial charge is 0.209 e. The zero-order chi connectivity index (χ0) is 32.7. The Kier molecular flexibility index (Phi) is 7.26. The molecule has 44 heavy (non-hydrogen) atoms. The van der Waals surface area contributed by atoms with E-state index in [9.17, 15) is 34.8 Å². The van der Waals surface area contributed by atoms with E-state index in [-0.39, 0.29) is 47.1 Å². The maximum atomic E-state index is 14.5. The molecule has 7 heteroatoms. The third-order valence-electron chi connectivity index (χ3n) is 10.1. The third kappa shape index (κ3) is 4.18. The van der Waals surface area contributed by atoms with Crippen molar-refractivity contribution < 1.29 is 34.8 Å². The summed E-state index contributed by atoms with van der Waals surface area (Å²) in [6.45, 7) is 14.1. The maximum Gasteiger partial charge on any atom is 0.209 e. The van der Waals surface area contributed by atoms with Gasteiger partial charge in [0.1, 0.15) is 22.8 Å². The van der Waals surface area contributed by atoms with Gasteiger partial charge in [0, 0.05) is 27.9 Å². The number of hydrogen-bond acceptors (Lipinski definition) is 7. The lowest BCUT2D eigenvalue weighted by Gasteiger charge is -2.59. The van der Waals surface area contributed by atoms with E-state index in [1.54, 1.807) is 19.9 Å². The van der Waals surface area contributed by atoms with Gasteiger partial charge in [-0.25, -0.2) is 0 Å². The van der Waals surface area contributed by atoms with Crippen molar-refractivity contribution in [1.82, 2.24) is 0 Å². The zero-order valence-electron chi connectivity index (χ0n) is 26.5. The number of aliphatic hydroxyl groups is 3. The van der Waals surface area contributed by atoms with Gasteiger partial charge in [0.05, 0.1) is 11.1 Å². The molecule has 0 saturated carbocycles. The second-order valence-electron chi connectivity index (χ2n) is 13.9. The summed E-state index contributed by atoms with van der Waals surface area (Å²) in [6.07, 6.45) is 0.285. The molecule has 0 amide bonds. The zero-order valence-corrected chi connectivity index (χ0v) is 26.5. The lowest BCUT2D eigenvalue weighted by Crippen LogP contribution is -2.67. The van der Waals surface area contributed by atoms with E-state index in [1.165, 1.54) is 0 Å². The van der Waals surface area contributed by atoms with Gasteiger partial charge in [-0.1, -0.05) is 71.1 Å². The quantitative estimate of drug-likeness (QED) is 0.246. The molecule has 0 fully saturated rings. The predicted octanol–water partition coefficient (Wildman–Crippen LogP) is 6.18. The Morgan fingerprint density at radius 1 is 1.00 bits per heavy atom. The molecule has 230 valence electrons. The minimum Gasteiger partial charge on any atom is -0.511 e. The van der Waals surface area contributed by atoms with Crippen LogP contribution in [0.25, 0.3) is 0 Å². The first-order valence-corrected chi connectivity index (χ1v) is 15.1. The fourth-order valence-corrected chi connectivity index (χ4v) is 8.21. The Balaban J connectivity index is 1.78. The molecule has 3 aliphatic rings. The van der Waals surface area contributed by atoms with Crippen molar-refractivity contribution in [1.29, 1.82) is 0 Å². The summed E-state index contributed by atoms with van der Waals surface area (Å²) in [5.74, 6) is 0.711. The number of allylic oxidation sites excluding steroid dienone is 2. The number of aliphatic hydroxyl groups excluding tert-OH is 2. The summed E-state index contributed by atoms with van der Waals surface area (Å²) in [5.41, 5.74) is -2.39. The number of aryl methyl sites for hydroxylation is 1. The fraction of sp³-hybridized carbons (Fsp3) is 0.432. The van der Waals surface area contributed by atoms with E-state index >= 15 is 0 Å². The maximum absolute atomic E-state index is 14.5. The molecule has 0 spiro atoms. The normalized spacial score (nSPS) is 28.0. The van der Waals surface area contributed by atoms with Crippen LogP contribution in [0.2, 0.25) is 0 Å². The number of phenolic OH excluding ortho intramolecular Hbond substituents is 1. The van der Waals surface area contributed by atoms with Crippen LogP contribution in [-0.2, 0) is 16.0 Å². The fourth-order valence-electron chi connectivity index (χ4n) is 8.21. The van der Waals surface area contributed by atoms with Crippen molar-refractivity contribution >= 4 is 17.3 Å². The first-order valence-electron chi connectivity index (χ1n) is 15.1. The van der Waals surface area contributed by atoms with Gasteiger partial charge in [0.25, 0.3) is 0 Å². The molecule has 0 aliphatic heterocycles. The Bertz CT molecular complexity index is 1760. The monoisotopic (exact) mass is 596 g/mol. The number of ketones is 3. The highest BCUT2D eigenvalue weighted by Crippen LogP contribution is 2.65. The van der Waals surface area contributed by atoms with Gasteiger partial charge in [0.15, 0.2) is 17.2 Å². The van der Waals surface area contributed by atoms with Gasteiger partial charge in [-0.2, -0.15) is 0 Å². The van der Waals surface area contributed by atoms with Crippen LogP contribution >= 0.6 is 0 Å². The summed E-state index contributed by atoms with van der Waals surface area (Å²) >= 11 is 0. The van der Waals surface area contributed by atoms with Crippen LogP contribution in [0.5, 0.6) is 5.75 Å². The number of carbonyl (C=O) groups is 3. The standard InChI is InChI=1S/C37H40O7/c1-18(2)24-15-23(14-13-22-11-9-20(5)10-12-22)30(39)27-25(24)16-35(7)17-36(8)28(19(3)4)31(40)26(21(6)38)33(42)37(36,44)34(43)29(35)32(27)41/h9-12,15,18-19,28,39-40,43-44H,16-17H2,1-8H3/t28?,35-,36-,37+/m1/s1. The number of phenols is 1. The van der Waals surface area contributed by atoms with Gasteiger partial charge < -0.3 is 20.4 Å². The van der Waals surface area contributed by atoms with E-state index in [1.807, 2.05) is 58.9 Å². The Hall–Kier alpha value is -4.15. The average molecular weight is 597 g/mol. The van der Waals surface area contributed by atoms with Crippen molar-refractivity contribution in [2.24, 2.45) is 22.7 Å². The second-order valence-corrected chi connectivity index (χ2v) is 13.9. The molecule has 0 aromatic heterocycles. The number of hydrogen-bond donors (Lipinski definition) is 4. The largest absolute Gasteiger partial charge is 0.511 e. The molecule has 0 bridgehead atoms. The minimum absolute atomic E-state index is 0.00974. The number of rotatable bonds is 3. The first kappa shape index (κ1) is 31.3. The predicted molar refractivity (Wildman–Crippen MR) is 166 cm³/mol. The van der Waals surface area contributed by atoms with Crippen LogP contribution in [0.1, 0.15) is 99.0 Å². The van der Waals surface area contributed by atoms with E-state index in [0.717, 1.165) is 23.6 Å². The van der Waals surface area contributed by atoms with Crippen LogP contribution in [0, 0.1) is 41.4 Å². The van der Waals surface area contributed by atoms with Crippen molar-refractivity contribution in [2.75, 3.05) is 0 Å². The second kappa shape index (κ2) is 10.2. The molecule has 4 N–H and O–H groups in total. The molecule has 2 aromatic rings. The van der Waals surface area contributed by atoms with Crippen molar-refractivity contribution in [3.63, 3.8) is 0 Å². The molecular formula is C37H40O7. The highest BCUT2D eigenvalue weighted by molar-refractivity contribution is 6.25. The molecule has 5 rings (SSSR count). The SMILES string of the molecule is CC(=O)C1=C(O)C(C(C)C)[C@@]2(C)C[C@@]3(C)Cc4c(C(C)C)cc(C#Cc5ccc(C)cc5)c(O)c4C(=O)C3=C(O)[C@@]2(O)C1=O. The summed E-state index contributed by atoms with van der Waals surface area (Å²) < 4.78 is 0. The Labute approximate surface area is 258 Å². The number of benzene rings is 2. The minimum atomic E-state index is -2.64. The highest BCUT2D eigenvalue weighted by Gasteiger charge is 2.71. The highest BCUT2D eigenvalue weighted by atomic mass is 16.3. The molecule has 2 aromatic carbocycles. The molecule has 7 nitrogen and oxygen atoms in total. The number of carbonyl (C=O) groups excluding carboxylic acids is 3. The summed E-state index contributed by atoms with van der Waals surface area (Å²) in [5, 5.41) is 47.0. The Morgan fingerprint density at radius 3 is 2.16 bits per heavy atom. The summed E-state index contributed by atoms with van der Waals surface area (Å²) in [4.78, 5) is 41.0. The number of fused-ring (bicyclic) bond motifs is 3. The van der Waals surface area contributed by atoms with Crippen LogP contribution in [-0.4, -0.2) is 43.4 Å². The van der Waals surface area contributed by atoms with Crippen molar-refractivity contribution in [2.45, 2.75) is 79.8 Å². The van der Waals surface area contributed by atoms with Gasteiger partial charge in [0.2, 0.25) is 5.78 Å². The molecule has 0 heterocycles.